The molecule has 0 N–H and O–H groups in total. The van der Waals surface area contributed by atoms with Crippen LogP contribution in [0.1, 0.15) is 45.2 Å². The Morgan fingerprint density at radius 2 is 0.839 bits per heavy atom. The topological polar surface area (TPSA) is 9.23 Å². The third kappa shape index (κ3) is 2.77. The van der Waals surface area contributed by atoms with Crippen LogP contribution < -0.4 is 0 Å². The molecule has 2 bridgehead atoms. The molecule has 4 atom stereocenters. The van der Waals surface area contributed by atoms with Gasteiger partial charge in [0.15, 0.2) is 9.02 Å². The molecule has 6 rings (SSSR count). The lowest BCUT2D eigenvalue weighted by Crippen LogP contribution is -2.30. The molecule has 0 amide bonds. The van der Waals surface area contributed by atoms with Gasteiger partial charge in [0, 0.05) is 11.1 Å². The van der Waals surface area contributed by atoms with E-state index in [0.29, 0.717) is 0 Å². The van der Waals surface area contributed by atoms with Gasteiger partial charge in [-0.05, 0) is 54.1 Å². The van der Waals surface area contributed by atoms with Crippen molar-refractivity contribution in [3.8, 4) is 0 Å². The summed E-state index contributed by atoms with van der Waals surface area (Å²) in [6, 6.07) is 38.8. The zero-order chi connectivity index (χ0) is 21.1. The van der Waals surface area contributed by atoms with E-state index in [2.05, 4.69) is 141 Å². The van der Waals surface area contributed by atoms with Gasteiger partial charge in [-0.3, -0.25) is 0 Å². The fraction of sp³-hybridized carbons (Fsp3) is 0.143. The van der Waals surface area contributed by atoms with Gasteiger partial charge in [0.1, 0.15) is 0 Å². The normalized spacial score (nSPS) is 28.5. The number of fused-ring (bicyclic) bond motifs is 1. The molecule has 0 saturated heterocycles. The highest BCUT2D eigenvalue weighted by molar-refractivity contribution is 9.10. The number of benzene rings is 4. The summed E-state index contributed by atoms with van der Waals surface area (Å²) < 4.78 is 5.74. The maximum atomic E-state index is 7.12. The van der Waals surface area contributed by atoms with E-state index in [0.717, 1.165) is 0 Å². The van der Waals surface area contributed by atoms with Crippen molar-refractivity contribution in [2.45, 2.75) is 20.9 Å². The first-order chi connectivity index (χ1) is 15.1. The molecule has 1 aliphatic carbocycles. The molecule has 3 heteroatoms. The van der Waals surface area contributed by atoms with Crippen molar-refractivity contribution in [3.05, 3.63) is 143 Å². The highest BCUT2D eigenvalue weighted by Crippen LogP contribution is 2.68. The van der Waals surface area contributed by atoms with Crippen LogP contribution in [0.4, 0.5) is 0 Å². The number of rotatable bonds is 2. The third-order valence-electron chi connectivity index (χ3n) is 6.59. The summed E-state index contributed by atoms with van der Waals surface area (Å²) in [4.78, 5) is 0. The van der Waals surface area contributed by atoms with Gasteiger partial charge >= 0.3 is 0 Å². The zero-order valence-corrected chi connectivity index (χ0v) is 19.9. The second kappa shape index (κ2) is 7.16. The fourth-order valence-electron chi connectivity index (χ4n) is 5.35. The van der Waals surface area contributed by atoms with Crippen LogP contribution in [-0.4, -0.2) is 0 Å². The second-order valence-electron chi connectivity index (χ2n) is 8.25. The molecule has 4 aromatic carbocycles. The summed E-state index contributed by atoms with van der Waals surface area (Å²) in [5.41, 5.74) is 7.39. The molecule has 4 aromatic rings. The minimum absolute atomic E-state index is 0.000753. The summed E-state index contributed by atoms with van der Waals surface area (Å²) in [5, 5.41) is 0. The number of hydrogen-bond acceptors (Lipinski definition) is 1. The summed E-state index contributed by atoms with van der Waals surface area (Å²) in [6.45, 7) is 0. The van der Waals surface area contributed by atoms with E-state index < -0.39 is 9.02 Å². The predicted molar refractivity (Wildman–Crippen MR) is 132 cm³/mol. The van der Waals surface area contributed by atoms with Crippen molar-refractivity contribution in [3.63, 3.8) is 0 Å². The van der Waals surface area contributed by atoms with E-state index in [-0.39, 0.29) is 11.8 Å². The first-order valence-corrected chi connectivity index (χ1v) is 12.1. The van der Waals surface area contributed by atoms with Gasteiger partial charge in [-0.2, -0.15) is 0 Å². The van der Waals surface area contributed by atoms with Gasteiger partial charge in [-0.25, -0.2) is 0 Å². The minimum atomic E-state index is -0.686. The molecule has 0 saturated carbocycles. The highest BCUT2D eigenvalue weighted by Gasteiger charge is 2.61. The maximum Gasteiger partial charge on any atom is 0.161 e. The lowest BCUT2D eigenvalue weighted by atomic mass is 9.73. The molecule has 0 fully saturated rings. The zero-order valence-electron chi connectivity index (χ0n) is 16.7. The summed E-state index contributed by atoms with van der Waals surface area (Å²) in [5.74, 6) is -0.00151. The van der Waals surface area contributed by atoms with Gasteiger partial charge in [0.25, 0.3) is 0 Å². The van der Waals surface area contributed by atoms with Gasteiger partial charge in [0.05, 0.1) is 11.8 Å². The number of ether oxygens (including phenoxy) is 1. The van der Waals surface area contributed by atoms with Gasteiger partial charge in [-0.1, -0.05) is 109 Å². The van der Waals surface area contributed by atoms with Crippen molar-refractivity contribution in [2.24, 2.45) is 0 Å². The Kier molecular flexibility index (Phi) is 4.50. The Hall–Kier alpha value is -2.20. The largest absolute Gasteiger partial charge is 0.335 e. The average Bonchev–Trinajstić information content (AvgIpc) is 2.99. The Labute approximate surface area is 199 Å². The first kappa shape index (κ1) is 19.5. The molecule has 152 valence electrons. The van der Waals surface area contributed by atoms with Crippen LogP contribution in [-0.2, 0) is 13.8 Å². The van der Waals surface area contributed by atoms with Crippen molar-refractivity contribution >= 4 is 31.9 Å². The number of halogens is 2. The quantitative estimate of drug-likeness (QED) is 0.240. The lowest BCUT2D eigenvalue weighted by molar-refractivity contribution is -0.0385. The van der Waals surface area contributed by atoms with Crippen LogP contribution in [0.3, 0.4) is 0 Å². The Balaban J connectivity index is 1.74. The van der Waals surface area contributed by atoms with E-state index >= 15 is 0 Å². The van der Waals surface area contributed by atoms with Crippen molar-refractivity contribution in [1.29, 1.82) is 0 Å². The second-order valence-corrected chi connectivity index (χ2v) is 10.6. The predicted octanol–water partition coefficient (Wildman–Crippen LogP) is 7.79. The van der Waals surface area contributed by atoms with Crippen LogP contribution in [0.5, 0.6) is 0 Å². The van der Waals surface area contributed by atoms with Crippen LogP contribution in [0.25, 0.3) is 0 Å². The van der Waals surface area contributed by atoms with Crippen molar-refractivity contribution in [2.75, 3.05) is 0 Å². The van der Waals surface area contributed by atoms with E-state index in [1.54, 1.807) is 0 Å². The molecule has 0 radical (unpaired) electrons. The Morgan fingerprint density at radius 3 is 1.26 bits per heavy atom. The maximum absolute atomic E-state index is 7.12. The van der Waals surface area contributed by atoms with Crippen molar-refractivity contribution < 1.29 is 4.74 Å². The molecule has 0 aromatic heterocycles. The van der Waals surface area contributed by atoms with Gasteiger partial charge in [-0.15, -0.1) is 0 Å². The SMILES string of the molecule is BrC12OC(Br)(c3ccccc31)C(c1ccccc1)c1ccccc1C2c1ccccc1. The standard InChI is InChI=1S/C28H20Br2O/c29-27-23-17-9-10-18-24(23)28(30,31-27)26(20-13-5-2-6-14-20)22-16-8-7-15-21(22)25(27)19-11-3-1-4-12-19/h1-18,25-26H. The molecule has 2 aliphatic rings. The van der Waals surface area contributed by atoms with Crippen LogP contribution in [0, 0.1) is 0 Å². The fourth-order valence-corrected chi connectivity index (χ4v) is 7.79. The molecule has 0 spiro atoms. The smallest absolute Gasteiger partial charge is 0.161 e. The molecular weight excluding hydrogens is 512 g/mol. The molecule has 31 heavy (non-hydrogen) atoms. The average molecular weight is 532 g/mol. The summed E-state index contributed by atoms with van der Waals surface area (Å²) >= 11 is 8.28. The number of hydrogen-bond donors (Lipinski definition) is 0. The van der Waals surface area contributed by atoms with E-state index in [4.69, 9.17) is 4.74 Å². The molecule has 1 heterocycles. The molecule has 1 aliphatic heterocycles. The number of alkyl halides is 2. The highest BCUT2D eigenvalue weighted by atomic mass is 79.9. The van der Waals surface area contributed by atoms with E-state index in [1.807, 2.05) is 0 Å². The first-order valence-electron chi connectivity index (χ1n) is 10.5. The van der Waals surface area contributed by atoms with Gasteiger partial charge < -0.3 is 4.74 Å². The van der Waals surface area contributed by atoms with Crippen LogP contribution in [0.2, 0.25) is 0 Å². The van der Waals surface area contributed by atoms with E-state index in [1.165, 1.54) is 33.4 Å². The molecule has 4 unspecified atom stereocenters. The Bertz CT molecular complexity index is 1160. The van der Waals surface area contributed by atoms with Gasteiger partial charge in [0.2, 0.25) is 0 Å². The molecule has 1 nitrogen and oxygen atoms in total. The van der Waals surface area contributed by atoms with E-state index in [9.17, 15) is 0 Å². The van der Waals surface area contributed by atoms with Crippen LogP contribution in [0.15, 0.2) is 109 Å². The summed E-state index contributed by atoms with van der Waals surface area (Å²) in [7, 11) is 0. The molecular formula is C28H20Br2O. The Morgan fingerprint density at radius 1 is 0.484 bits per heavy atom. The van der Waals surface area contributed by atoms with Crippen molar-refractivity contribution in [1.82, 2.24) is 0 Å². The third-order valence-corrected chi connectivity index (χ3v) is 8.68. The van der Waals surface area contributed by atoms with Crippen LogP contribution >= 0.6 is 31.9 Å². The minimum Gasteiger partial charge on any atom is -0.335 e. The monoisotopic (exact) mass is 530 g/mol. The summed E-state index contributed by atoms with van der Waals surface area (Å²) in [6.07, 6.45) is 0. The lowest BCUT2D eigenvalue weighted by Gasteiger charge is -2.34.